The van der Waals surface area contributed by atoms with Gasteiger partial charge in [0.05, 0.1) is 0 Å². The van der Waals surface area contributed by atoms with Crippen LogP contribution in [0, 0.1) is 16.6 Å². The summed E-state index contributed by atoms with van der Waals surface area (Å²) in [6.07, 6.45) is 9.09. The summed E-state index contributed by atoms with van der Waals surface area (Å²) in [5.41, 5.74) is 0. The fraction of sp³-hybridized carbons (Fsp3) is 0.875. The van der Waals surface area contributed by atoms with Crippen LogP contribution in [0.15, 0.2) is 0 Å². The van der Waals surface area contributed by atoms with Gasteiger partial charge in [-0.2, -0.15) is 0 Å². The van der Waals surface area contributed by atoms with Crippen LogP contribution in [0.3, 0.4) is 0 Å². The highest BCUT2D eigenvalue weighted by Gasteiger charge is 2.27. The quantitative estimate of drug-likeness (QED) is 0.845. The Morgan fingerprint density at radius 3 is 2.38 bits per heavy atom. The second-order valence-electron chi connectivity index (χ2n) is 7.06. The van der Waals surface area contributed by atoms with E-state index in [1.54, 1.807) is 0 Å². The molecular weight excluding hydrogens is 280 g/mol. The first kappa shape index (κ1) is 15.1. The van der Waals surface area contributed by atoms with E-state index in [1.807, 2.05) is 0 Å². The second kappa shape index (κ2) is 6.51. The second-order valence-corrected chi connectivity index (χ2v) is 7.45. The minimum absolute atomic E-state index is 0.558. The zero-order valence-electron chi connectivity index (χ0n) is 13.3. The van der Waals surface area contributed by atoms with Gasteiger partial charge in [0.1, 0.15) is 0 Å². The fourth-order valence-corrected chi connectivity index (χ4v) is 4.23. The fourth-order valence-electron chi connectivity index (χ4n) is 3.95. The Hall–Kier alpha value is -0.840. The Bertz CT molecular complexity index is 505. The van der Waals surface area contributed by atoms with Crippen LogP contribution in [0.5, 0.6) is 0 Å². The van der Waals surface area contributed by atoms with Gasteiger partial charge in [0.15, 0.2) is 4.77 Å². The molecule has 1 aliphatic heterocycles. The number of aromatic nitrogens is 3. The van der Waals surface area contributed by atoms with Crippen molar-refractivity contribution in [1.82, 2.24) is 14.8 Å². The zero-order chi connectivity index (χ0) is 14.8. The van der Waals surface area contributed by atoms with Crippen molar-refractivity contribution in [3.05, 3.63) is 4.77 Å². The van der Waals surface area contributed by atoms with Gasteiger partial charge in [-0.3, -0.25) is 4.57 Å². The van der Waals surface area contributed by atoms with Crippen LogP contribution in [-0.4, -0.2) is 27.9 Å². The normalized spacial score (nSPS) is 22.1. The third kappa shape index (κ3) is 3.17. The van der Waals surface area contributed by atoms with E-state index in [9.17, 15) is 0 Å². The van der Waals surface area contributed by atoms with Crippen LogP contribution in [-0.2, 0) is 0 Å². The molecule has 0 spiro atoms. The maximum atomic E-state index is 5.51. The van der Waals surface area contributed by atoms with Crippen molar-refractivity contribution in [2.75, 3.05) is 18.0 Å². The number of nitrogens with zero attached hydrogens (tertiary/aromatic N) is 3. The average Bonchev–Trinajstić information content (AvgIpc) is 2.90. The largest absolute Gasteiger partial charge is 0.341 e. The van der Waals surface area contributed by atoms with Gasteiger partial charge in [-0.25, -0.2) is 5.10 Å². The molecule has 118 valence electrons. The van der Waals surface area contributed by atoms with E-state index in [-0.39, 0.29) is 0 Å². The summed E-state index contributed by atoms with van der Waals surface area (Å²) in [4.78, 5) is 2.44. The molecule has 2 heterocycles. The standard InChI is InChI=1S/C16H28N4S/c1-12(2)13-8-10-19(11-9-13)15-17-18-16(21)20(15)14-6-4-3-5-7-14/h12-14H,3-11H2,1-2H3,(H,18,21). The molecule has 2 fully saturated rings. The third-order valence-electron chi connectivity index (χ3n) is 5.39. The molecule has 4 nitrogen and oxygen atoms in total. The van der Waals surface area contributed by atoms with E-state index in [2.05, 4.69) is 33.5 Å². The van der Waals surface area contributed by atoms with Gasteiger partial charge in [-0.05, 0) is 49.7 Å². The van der Waals surface area contributed by atoms with E-state index in [0.29, 0.717) is 6.04 Å². The molecule has 1 N–H and O–H groups in total. The molecule has 2 aliphatic rings. The lowest BCUT2D eigenvalue weighted by molar-refractivity contribution is 0.303. The summed E-state index contributed by atoms with van der Waals surface area (Å²) in [6, 6.07) is 0.558. The Balaban J connectivity index is 1.76. The van der Waals surface area contributed by atoms with Gasteiger partial charge in [0.25, 0.3) is 0 Å². The molecule has 0 amide bonds. The number of rotatable bonds is 3. The number of H-pyrrole nitrogens is 1. The van der Waals surface area contributed by atoms with E-state index >= 15 is 0 Å². The Kier molecular flexibility index (Phi) is 4.67. The molecule has 1 aromatic rings. The minimum atomic E-state index is 0.558. The number of hydrogen-bond donors (Lipinski definition) is 1. The van der Waals surface area contributed by atoms with Crippen molar-refractivity contribution < 1.29 is 0 Å². The molecule has 1 aromatic heterocycles. The first-order valence-corrected chi connectivity index (χ1v) is 8.99. The number of anilines is 1. The molecule has 0 atom stereocenters. The predicted octanol–water partition coefficient (Wildman–Crippen LogP) is 4.32. The Morgan fingerprint density at radius 1 is 1.10 bits per heavy atom. The highest BCUT2D eigenvalue weighted by molar-refractivity contribution is 7.71. The van der Waals surface area contributed by atoms with Crippen LogP contribution in [0.25, 0.3) is 0 Å². The number of aromatic amines is 1. The monoisotopic (exact) mass is 308 g/mol. The highest BCUT2D eigenvalue weighted by atomic mass is 32.1. The molecular formula is C16H28N4S. The molecule has 0 unspecified atom stereocenters. The van der Waals surface area contributed by atoms with Gasteiger partial charge in [0.2, 0.25) is 5.95 Å². The highest BCUT2D eigenvalue weighted by Crippen LogP contribution is 2.33. The predicted molar refractivity (Wildman–Crippen MR) is 89.3 cm³/mol. The Labute approximate surface area is 132 Å². The maximum Gasteiger partial charge on any atom is 0.225 e. The lowest BCUT2D eigenvalue weighted by atomic mass is 9.87. The summed E-state index contributed by atoms with van der Waals surface area (Å²) < 4.78 is 3.12. The van der Waals surface area contributed by atoms with Crippen LogP contribution in [0.1, 0.15) is 64.8 Å². The summed E-state index contributed by atoms with van der Waals surface area (Å²) in [6.45, 7) is 6.93. The topological polar surface area (TPSA) is 36.9 Å². The van der Waals surface area contributed by atoms with E-state index in [1.165, 1.54) is 44.9 Å². The molecule has 1 aliphatic carbocycles. The van der Waals surface area contributed by atoms with Crippen LogP contribution in [0.2, 0.25) is 0 Å². The van der Waals surface area contributed by atoms with Crippen molar-refractivity contribution >= 4 is 18.2 Å². The van der Waals surface area contributed by atoms with E-state index < -0.39 is 0 Å². The molecule has 1 saturated carbocycles. The van der Waals surface area contributed by atoms with Crippen molar-refractivity contribution in [2.45, 2.75) is 64.8 Å². The smallest absolute Gasteiger partial charge is 0.225 e. The summed E-state index contributed by atoms with van der Waals surface area (Å²) in [5.74, 6) is 2.76. The molecule has 3 rings (SSSR count). The van der Waals surface area contributed by atoms with Gasteiger partial charge in [-0.15, -0.1) is 5.10 Å². The van der Waals surface area contributed by atoms with Gasteiger partial charge in [0, 0.05) is 19.1 Å². The third-order valence-corrected chi connectivity index (χ3v) is 5.68. The Morgan fingerprint density at radius 2 is 1.76 bits per heavy atom. The lowest BCUT2D eigenvalue weighted by Crippen LogP contribution is -2.37. The van der Waals surface area contributed by atoms with Crippen molar-refractivity contribution in [3.8, 4) is 0 Å². The van der Waals surface area contributed by atoms with Crippen LogP contribution in [0.4, 0.5) is 5.95 Å². The van der Waals surface area contributed by atoms with Crippen molar-refractivity contribution in [3.63, 3.8) is 0 Å². The van der Waals surface area contributed by atoms with Gasteiger partial charge >= 0.3 is 0 Å². The first-order valence-electron chi connectivity index (χ1n) is 8.58. The molecule has 0 radical (unpaired) electrons. The first-order chi connectivity index (χ1) is 10.2. The summed E-state index contributed by atoms with van der Waals surface area (Å²) in [7, 11) is 0. The number of piperidine rings is 1. The summed E-state index contributed by atoms with van der Waals surface area (Å²) >= 11 is 5.51. The maximum absolute atomic E-state index is 5.51. The van der Waals surface area contributed by atoms with E-state index in [4.69, 9.17) is 12.2 Å². The average molecular weight is 308 g/mol. The molecule has 0 aromatic carbocycles. The zero-order valence-corrected chi connectivity index (χ0v) is 14.2. The number of hydrogen-bond acceptors (Lipinski definition) is 3. The summed E-state index contributed by atoms with van der Waals surface area (Å²) in [5, 5.41) is 7.60. The molecule has 0 bridgehead atoms. The minimum Gasteiger partial charge on any atom is -0.341 e. The van der Waals surface area contributed by atoms with Crippen LogP contribution < -0.4 is 4.90 Å². The lowest BCUT2D eigenvalue weighted by Gasteiger charge is -2.35. The molecule has 5 heteroatoms. The number of nitrogens with one attached hydrogen (secondary N) is 1. The van der Waals surface area contributed by atoms with Gasteiger partial charge in [-0.1, -0.05) is 33.1 Å². The molecule has 1 saturated heterocycles. The SMILES string of the molecule is CC(C)C1CCN(c2n[nH]c(=S)n2C2CCCCC2)CC1. The van der Waals surface area contributed by atoms with E-state index in [0.717, 1.165) is 35.6 Å². The van der Waals surface area contributed by atoms with Crippen molar-refractivity contribution in [1.29, 1.82) is 0 Å². The molecule has 21 heavy (non-hydrogen) atoms. The van der Waals surface area contributed by atoms with Crippen LogP contribution >= 0.6 is 12.2 Å². The van der Waals surface area contributed by atoms with Gasteiger partial charge < -0.3 is 4.90 Å². The van der Waals surface area contributed by atoms with Crippen molar-refractivity contribution in [2.24, 2.45) is 11.8 Å².